The first kappa shape index (κ1) is 23.3. The maximum Gasteiger partial charge on any atom is 0.251 e. The number of aryl methyl sites for hydroxylation is 2. The van der Waals surface area contributed by atoms with E-state index in [4.69, 9.17) is 21.3 Å². The number of hydrogen-bond donors (Lipinski definition) is 1. The van der Waals surface area contributed by atoms with E-state index in [2.05, 4.69) is 31.9 Å². The van der Waals surface area contributed by atoms with Crippen LogP contribution in [0, 0.1) is 6.92 Å². The Labute approximate surface area is 206 Å². The van der Waals surface area contributed by atoms with Gasteiger partial charge >= 0.3 is 0 Å². The Morgan fingerprint density at radius 2 is 1.91 bits per heavy atom. The Balaban J connectivity index is 1.36. The summed E-state index contributed by atoms with van der Waals surface area (Å²) in [4.78, 5) is 17.1. The van der Waals surface area contributed by atoms with Gasteiger partial charge in [0.05, 0.1) is 17.6 Å². The topological polar surface area (TPSA) is 56.1 Å². The second-order valence-corrected chi connectivity index (χ2v) is 9.12. The van der Waals surface area contributed by atoms with Crippen LogP contribution in [-0.4, -0.2) is 28.6 Å². The minimum Gasteiger partial charge on any atom is -0.492 e. The van der Waals surface area contributed by atoms with Gasteiger partial charge in [-0.1, -0.05) is 39.7 Å². The van der Waals surface area contributed by atoms with Gasteiger partial charge in [0.15, 0.2) is 0 Å². The smallest absolute Gasteiger partial charge is 0.251 e. The van der Waals surface area contributed by atoms with Crippen LogP contribution in [0.3, 0.4) is 0 Å². The third-order valence-electron chi connectivity index (χ3n) is 5.42. The van der Waals surface area contributed by atoms with Crippen LogP contribution in [0.1, 0.15) is 28.2 Å². The number of hydrogen-bond acceptors (Lipinski definition) is 3. The zero-order valence-electron chi connectivity index (χ0n) is 18.4. The van der Waals surface area contributed by atoms with Crippen molar-refractivity contribution in [3.63, 3.8) is 0 Å². The van der Waals surface area contributed by atoms with Gasteiger partial charge in [-0.2, -0.15) is 0 Å². The van der Waals surface area contributed by atoms with Crippen LogP contribution >= 0.6 is 27.5 Å². The minimum atomic E-state index is -0.0670. The van der Waals surface area contributed by atoms with Crippen LogP contribution in [0.4, 0.5) is 0 Å². The molecule has 1 N–H and O–H groups in total. The molecule has 0 saturated heterocycles. The zero-order chi connectivity index (χ0) is 23.2. The summed E-state index contributed by atoms with van der Waals surface area (Å²) in [6.07, 6.45) is 1.55. The minimum absolute atomic E-state index is 0.0670. The number of carbonyl (C=O) groups excluding carboxylic acids is 1. The van der Waals surface area contributed by atoms with Crippen molar-refractivity contribution in [2.45, 2.75) is 26.3 Å². The molecule has 0 bridgehead atoms. The monoisotopic (exact) mass is 525 g/mol. The lowest BCUT2D eigenvalue weighted by Crippen LogP contribution is -2.25. The molecule has 33 heavy (non-hydrogen) atoms. The molecule has 4 rings (SSSR count). The molecule has 170 valence electrons. The second kappa shape index (κ2) is 10.9. The average Bonchev–Trinajstić information content (AvgIpc) is 3.17. The number of rotatable bonds is 9. The van der Waals surface area contributed by atoms with Crippen molar-refractivity contribution >= 4 is 44.5 Å². The highest BCUT2D eigenvalue weighted by atomic mass is 79.9. The van der Waals surface area contributed by atoms with E-state index in [1.54, 1.807) is 12.1 Å². The van der Waals surface area contributed by atoms with Crippen LogP contribution in [-0.2, 0) is 13.0 Å². The third-order valence-corrected chi connectivity index (χ3v) is 6.37. The molecule has 0 aliphatic carbocycles. The molecule has 0 unspecified atom stereocenters. The zero-order valence-corrected chi connectivity index (χ0v) is 20.7. The van der Waals surface area contributed by atoms with Crippen LogP contribution < -0.4 is 10.1 Å². The summed E-state index contributed by atoms with van der Waals surface area (Å²) in [5.41, 5.74) is 3.70. The summed E-state index contributed by atoms with van der Waals surface area (Å²) < 4.78 is 9.12. The highest BCUT2D eigenvalue weighted by Crippen LogP contribution is 2.22. The Kier molecular flexibility index (Phi) is 7.68. The summed E-state index contributed by atoms with van der Waals surface area (Å²) >= 11 is 9.49. The van der Waals surface area contributed by atoms with Gasteiger partial charge in [-0.25, -0.2) is 4.98 Å². The van der Waals surface area contributed by atoms with E-state index in [9.17, 15) is 4.79 Å². The first-order valence-electron chi connectivity index (χ1n) is 10.9. The number of ether oxygens (including phenoxy) is 1. The largest absolute Gasteiger partial charge is 0.492 e. The maximum atomic E-state index is 12.3. The first-order valence-corrected chi connectivity index (χ1v) is 12.1. The van der Waals surface area contributed by atoms with Crippen LogP contribution in [0.25, 0.3) is 11.0 Å². The summed E-state index contributed by atoms with van der Waals surface area (Å²) in [7, 11) is 0. The van der Waals surface area contributed by atoms with Gasteiger partial charge in [0.1, 0.15) is 18.2 Å². The van der Waals surface area contributed by atoms with E-state index in [1.165, 1.54) is 0 Å². The fraction of sp³-hybridized carbons (Fsp3) is 0.231. The summed E-state index contributed by atoms with van der Waals surface area (Å²) in [5.74, 6) is 1.73. The molecule has 0 atom stereocenters. The fourth-order valence-electron chi connectivity index (χ4n) is 3.68. The van der Waals surface area contributed by atoms with E-state index in [1.807, 2.05) is 55.5 Å². The second-order valence-electron chi connectivity index (χ2n) is 7.79. The number of para-hydroxylation sites is 2. The van der Waals surface area contributed by atoms with Crippen molar-refractivity contribution < 1.29 is 9.53 Å². The number of carbonyl (C=O) groups is 1. The molecule has 0 fully saturated rings. The Bertz CT molecular complexity index is 1250. The van der Waals surface area contributed by atoms with Crippen molar-refractivity contribution in [3.05, 3.63) is 93.2 Å². The molecule has 4 aromatic rings. The van der Waals surface area contributed by atoms with E-state index >= 15 is 0 Å². The van der Waals surface area contributed by atoms with Gasteiger partial charge in [0.25, 0.3) is 5.91 Å². The van der Waals surface area contributed by atoms with Crippen LogP contribution in [0.15, 0.2) is 71.2 Å². The van der Waals surface area contributed by atoms with Crippen molar-refractivity contribution in [3.8, 4) is 5.75 Å². The number of fused-ring (bicyclic) bond motifs is 1. The molecule has 1 aromatic heterocycles. The van der Waals surface area contributed by atoms with E-state index in [0.717, 1.165) is 50.5 Å². The van der Waals surface area contributed by atoms with Crippen molar-refractivity contribution in [2.75, 3.05) is 13.2 Å². The molecule has 0 saturated carbocycles. The molecule has 0 spiro atoms. The Hall–Kier alpha value is -2.83. The Morgan fingerprint density at radius 3 is 2.70 bits per heavy atom. The quantitative estimate of drug-likeness (QED) is 0.264. The average molecular weight is 527 g/mol. The lowest BCUT2D eigenvalue weighted by Gasteiger charge is -2.12. The van der Waals surface area contributed by atoms with Gasteiger partial charge in [-0.05, 0) is 73.5 Å². The first-order chi connectivity index (χ1) is 16.0. The molecule has 1 heterocycles. The van der Waals surface area contributed by atoms with Gasteiger partial charge in [0.2, 0.25) is 0 Å². The number of nitrogens with zero attached hydrogens (tertiary/aromatic N) is 2. The number of aromatic nitrogens is 2. The van der Waals surface area contributed by atoms with Gasteiger partial charge in [-0.15, -0.1) is 0 Å². The molecule has 3 aromatic carbocycles. The number of amides is 1. The molecule has 1 amide bonds. The SMILES string of the molecule is Cc1cc(OCCn2c(CCCNC(=O)c3ccc(Br)cc3)nc3ccccc32)ccc1Cl. The van der Waals surface area contributed by atoms with E-state index in [0.29, 0.717) is 25.3 Å². The van der Waals surface area contributed by atoms with Gasteiger partial charge in [-0.3, -0.25) is 4.79 Å². The molecule has 0 radical (unpaired) electrons. The number of halogens is 2. The standard InChI is InChI=1S/C26H25BrClN3O2/c1-18-17-21(12-13-22(18)28)33-16-15-31-24-6-3-2-5-23(24)30-25(31)7-4-14-29-26(32)19-8-10-20(27)11-9-19/h2-3,5-6,8-13,17H,4,7,14-16H2,1H3,(H,29,32). The highest BCUT2D eigenvalue weighted by molar-refractivity contribution is 9.10. The Morgan fingerprint density at radius 1 is 1.12 bits per heavy atom. The predicted octanol–water partition coefficient (Wildman–Crippen LogP) is 6.20. The molecular formula is C26H25BrClN3O2. The maximum absolute atomic E-state index is 12.3. The number of benzene rings is 3. The summed E-state index contributed by atoms with van der Waals surface area (Å²) in [5, 5.41) is 3.72. The number of nitrogens with one attached hydrogen (secondary N) is 1. The third kappa shape index (κ3) is 5.95. The van der Waals surface area contributed by atoms with E-state index in [-0.39, 0.29) is 5.91 Å². The molecule has 7 heteroatoms. The predicted molar refractivity (Wildman–Crippen MR) is 136 cm³/mol. The van der Waals surface area contributed by atoms with Crippen molar-refractivity contribution in [1.29, 1.82) is 0 Å². The van der Waals surface area contributed by atoms with Crippen molar-refractivity contribution in [1.82, 2.24) is 14.9 Å². The summed E-state index contributed by atoms with van der Waals surface area (Å²) in [6.45, 7) is 3.75. The normalized spacial score (nSPS) is 11.0. The molecule has 5 nitrogen and oxygen atoms in total. The lowest BCUT2D eigenvalue weighted by atomic mass is 10.2. The van der Waals surface area contributed by atoms with Gasteiger partial charge in [0, 0.05) is 28.0 Å². The number of imidazole rings is 1. The highest BCUT2D eigenvalue weighted by Gasteiger charge is 2.11. The van der Waals surface area contributed by atoms with E-state index < -0.39 is 0 Å². The summed E-state index contributed by atoms with van der Waals surface area (Å²) in [6, 6.07) is 21.1. The van der Waals surface area contributed by atoms with Crippen LogP contribution in [0.2, 0.25) is 5.02 Å². The molecule has 0 aliphatic heterocycles. The van der Waals surface area contributed by atoms with Gasteiger partial charge < -0.3 is 14.6 Å². The van der Waals surface area contributed by atoms with Crippen LogP contribution in [0.5, 0.6) is 5.75 Å². The fourth-order valence-corrected chi connectivity index (χ4v) is 4.06. The molecule has 0 aliphatic rings. The van der Waals surface area contributed by atoms with Crippen molar-refractivity contribution in [2.24, 2.45) is 0 Å². The lowest BCUT2D eigenvalue weighted by molar-refractivity contribution is 0.0953. The molecular weight excluding hydrogens is 502 g/mol.